The van der Waals surface area contributed by atoms with Crippen molar-refractivity contribution in [1.29, 1.82) is 5.26 Å². The fourth-order valence-corrected chi connectivity index (χ4v) is 4.58. The number of hydrogen-bond acceptors (Lipinski definition) is 9. The second-order valence-electron chi connectivity index (χ2n) is 6.68. The Kier molecular flexibility index (Phi) is 6.33. The van der Waals surface area contributed by atoms with Crippen molar-refractivity contribution in [2.24, 2.45) is 0 Å². The molecule has 4 rings (SSSR count). The molecule has 4 aromatic rings. The van der Waals surface area contributed by atoms with Gasteiger partial charge in [0.2, 0.25) is 5.13 Å². The summed E-state index contributed by atoms with van der Waals surface area (Å²) in [6.07, 6.45) is -1.44. The Morgan fingerprint density at radius 2 is 1.89 bits per heavy atom. The van der Waals surface area contributed by atoms with Gasteiger partial charge in [-0.1, -0.05) is 0 Å². The molecule has 0 amide bonds. The number of aromatic nitrogens is 4. The fourth-order valence-electron chi connectivity index (χ4n) is 2.89. The van der Waals surface area contributed by atoms with Gasteiger partial charge in [0.15, 0.2) is 0 Å². The molecular formula is C20H10F4N6O3S2. The van der Waals surface area contributed by atoms with E-state index in [9.17, 15) is 31.2 Å². The van der Waals surface area contributed by atoms with Crippen LogP contribution < -0.4 is 9.46 Å². The van der Waals surface area contributed by atoms with E-state index in [0.717, 1.165) is 36.1 Å². The minimum absolute atomic E-state index is 0.00886. The number of sulfonamides is 1. The lowest BCUT2D eigenvalue weighted by atomic mass is 10.0. The molecule has 0 spiro atoms. The van der Waals surface area contributed by atoms with Crippen LogP contribution in [0, 0.1) is 17.1 Å². The third-order valence-corrected chi connectivity index (χ3v) is 6.50. The molecule has 0 bridgehead atoms. The molecule has 0 saturated heterocycles. The van der Waals surface area contributed by atoms with Gasteiger partial charge in [0, 0.05) is 22.7 Å². The second-order valence-corrected chi connectivity index (χ2v) is 9.14. The summed E-state index contributed by atoms with van der Waals surface area (Å²) < 4.78 is 90.9. The SMILES string of the molecule is N#Cc1cc(S(=O)(=O)Nc2ncns2)ccc1Oc1cc(C(F)(F)F)c(F)cc1-c1ccnnc1. The van der Waals surface area contributed by atoms with Crippen LogP contribution >= 0.6 is 11.5 Å². The predicted octanol–water partition coefficient (Wildman–Crippen LogP) is 4.62. The van der Waals surface area contributed by atoms with Crippen LogP contribution in [0.25, 0.3) is 11.1 Å². The smallest absolute Gasteiger partial charge is 0.419 e. The zero-order valence-corrected chi connectivity index (χ0v) is 18.6. The Bertz CT molecular complexity index is 1520. The van der Waals surface area contributed by atoms with E-state index in [4.69, 9.17) is 4.74 Å². The number of anilines is 1. The van der Waals surface area contributed by atoms with E-state index in [1.54, 1.807) is 6.07 Å². The molecule has 0 radical (unpaired) electrons. The van der Waals surface area contributed by atoms with Crippen molar-refractivity contribution < 1.29 is 30.7 Å². The van der Waals surface area contributed by atoms with E-state index < -0.39 is 33.3 Å². The Morgan fingerprint density at radius 3 is 2.51 bits per heavy atom. The summed E-state index contributed by atoms with van der Waals surface area (Å²) in [6, 6.07) is 7.35. The molecule has 35 heavy (non-hydrogen) atoms. The molecule has 0 unspecified atom stereocenters. The molecule has 178 valence electrons. The molecule has 2 aromatic heterocycles. The first-order chi connectivity index (χ1) is 16.6. The Labute approximate surface area is 198 Å². The molecule has 2 heterocycles. The van der Waals surface area contributed by atoms with E-state index in [1.807, 2.05) is 0 Å². The number of alkyl halides is 3. The highest BCUT2D eigenvalue weighted by Crippen LogP contribution is 2.41. The summed E-state index contributed by atoms with van der Waals surface area (Å²) >= 11 is 0.790. The normalized spacial score (nSPS) is 11.6. The van der Waals surface area contributed by atoms with Gasteiger partial charge in [0.1, 0.15) is 29.7 Å². The third kappa shape index (κ3) is 5.18. The summed E-state index contributed by atoms with van der Waals surface area (Å²) in [4.78, 5) is 3.38. The minimum Gasteiger partial charge on any atom is -0.455 e. The van der Waals surface area contributed by atoms with Crippen LogP contribution in [0.4, 0.5) is 22.7 Å². The van der Waals surface area contributed by atoms with Gasteiger partial charge in [-0.25, -0.2) is 17.8 Å². The van der Waals surface area contributed by atoms with Gasteiger partial charge in [0.25, 0.3) is 10.0 Å². The standard InChI is InChI=1S/C20H10F4N6O3S2/c21-16-6-14(11-3-4-27-28-9-11)18(7-15(16)20(22,23)24)33-17-2-1-13(5-12(17)8-25)35(31,32)30-19-26-10-29-34-19/h1-7,9-10H,(H,26,29,30). The maximum absolute atomic E-state index is 14.3. The summed E-state index contributed by atoms with van der Waals surface area (Å²) in [5.41, 5.74) is -1.79. The van der Waals surface area contributed by atoms with Gasteiger partial charge < -0.3 is 4.74 Å². The van der Waals surface area contributed by atoms with E-state index in [-0.39, 0.29) is 32.5 Å². The monoisotopic (exact) mass is 522 g/mol. The van der Waals surface area contributed by atoms with E-state index in [1.165, 1.54) is 18.5 Å². The molecule has 0 saturated carbocycles. The van der Waals surface area contributed by atoms with Crippen molar-refractivity contribution in [3.63, 3.8) is 0 Å². The molecule has 0 aliphatic rings. The number of halogens is 4. The van der Waals surface area contributed by atoms with Crippen LogP contribution in [0.2, 0.25) is 0 Å². The van der Waals surface area contributed by atoms with Crippen LogP contribution in [0.1, 0.15) is 11.1 Å². The van der Waals surface area contributed by atoms with E-state index >= 15 is 0 Å². The number of nitriles is 1. The largest absolute Gasteiger partial charge is 0.455 e. The van der Waals surface area contributed by atoms with E-state index in [0.29, 0.717) is 12.1 Å². The first-order valence-electron chi connectivity index (χ1n) is 9.28. The zero-order valence-electron chi connectivity index (χ0n) is 17.0. The first kappa shape index (κ1) is 24.0. The van der Waals surface area contributed by atoms with Gasteiger partial charge in [-0.15, -0.1) is 0 Å². The van der Waals surface area contributed by atoms with Crippen molar-refractivity contribution in [3.8, 4) is 28.7 Å². The van der Waals surface area contributed by atoms with Crippen molar-refractivity contribution >= 4 is 26.7 Å². The summed E-state index contributed by atoms with van der Waals surface area (Å²) in [6.45, 7) is 0. The molecule has 0 aliphatic carbocycles. The predicted molar refractivity (Wildman–Crippen MR) is 114 cm³/mol. The van der Waals surface area contributed by atoms with Crippen molar-refractivity contribution in [2.75, 3.05) is 4.72 Å². The molecule has 0 atom stereocenters. The molecule has 2 aromatic carbocycles. The number of hydrogen-bond donors (Lipinski definition) is 1. The molecule has 9 nitrogen and oxygen atoms in total. The molecule has 0 fully saturated rings. The average Bonchev–Trinajstić information content (AvgIpc) is 3.32. The molecule has 0 aliphatic heterocycles. The lowest BCUT2D eigenvalue weighted by Gasteiger charge is -2.16. The van der Waals surface area contributed by atoms with Crippen molar-refractivity contribution in [3.05, 3.63) is 72.1 Å². The lowest BCUT2D eigenvalue weighted by molar-refractivity contribution is -0.140. The quantitative estimate of drug-likeness (QED) is 0.363. The Balaban J connectivity index is 1.77. The Hall–Kier alpha value is -4.16. The highest BCUT2D eigenvalue weighted by Gasteiger charge is 2.35. The number of ether oxygens (including phenoxy) is 1. The topological polar surface area (TPSA) is 131 Å². The van der Waals surface area contributed by atoms with Gasteiger partial charge in [-0.05, 0) is 36.4 Å². The maximum atomic E-state index is 14.3. The maximum Gasteiger partial charge on any atom is 0.419 e. The molecular weight excluding hydrogens is 512 g/mol. The minimum atomic E-state index is -5.02. The fraction of sp³-hybridized carbons (Fsp3) is 0.0500. The van der Waals surface area contributed by atoms with Gasteiger partial charge >= 0.3 is 6.18 Å². The summed E-state index contributed by atoms with van der Waals surface area (Å²) in [5, 5.41) is 16.7. The molecule has 15 heteroatoms. The Morgan fingerprint density at radius 1 is 1.09 bits per heavy atom. The number of benzene rings is 2. The lowest BCUT2D eigenvalue weighted by Crippen LogP contribution is -2.13. The highest BCUT2D eigenvalue weighted by atomic mass is 32.2. The second kappa shape index (κ2) is 9.24. The van der Waals surface area contributed by atoms with Gasteiger partial charge in [-0.2, -0.15) is 33.0 Å². The zero-order chi connectivity index (χ0) is 25.2. The van der Waals surface area contributed by atoms with Crippen LogP contribution in [0.15, 0.2) is 60.0 Å². The first-order valence-corrected chi connectivity index (χ1v) is 11.5. The number of nitrogens with zero attached hydrogens (tertiary/aromatic N) is 5. The van der Waals surface area contributed by atoms with Gasteiger partial charge in [0.05, 0.1) is 28.4 Å². The summed E-state index contributed by atoms with van der Waals surface area (Å²) in [7, 11) is -4.15. The van der Waals surface area contributed by atoms with Crippen molar-refractivity contribution in [1.82, 2.24) is 19.6 Å². The third-order valence-electron chi connectivity index (χ3n) is 4.45. The van der Waals surface area contributed by atoms with Crippen LogP contribution in [0.3, 0.4) is 0 Å². The number of rotatable bonds is 6. The highest BCUT2D eigenvalue weighted by molar-refractivity contribution is 7.93. The molecule has 1 N–H and O–H groups in total. The van der Waals surface area contributed by atoms with Crippen molar-refractivity contribution in [2.45, 2.75) is 11.1 Å². The summed E-state index contributed by atoms with van der Waals surface area (Å²) in [5.74, 6) is -2.24. The van der Waals surface area contributed by atoms with Crippen LogP contribution in [-0.2, 0) is 16.2 Å². The van der Waals surface area contributed by atoms with Crippen LogP contribution in [-0.4, -0.2) is 28.0 Å². The average molecular weight is 522 g/mol. The van der Waals surface area contributed by atoms with E-state index in [2.05, 4.69) is 24.3 Å². The van der Waals surface area contributed by atoms with Gasteiger partial charge in [-0.3, -0.25) is 4.72 Å². The van der Waals surface area contributed by atoms with Crippen LogP contribution in [0.5, 0.6) is 11.5 Å². The number of nitrogens with one attached hydrogen (secondary N) is 1.